The lowest BCUT2D eigenvalue weighted by atomic mass is 10.1. The Morgan fingerprint density at radius 2 is 1.67 bits per heavy atom. The van der Waals surface area contributed by atoms with Crippen molar-refractivity contribution >= 4 is 32.4 Å². The standard InChI is InChI=1S/C21H22N4O4S/c1-2-25-21(27)18-8-4-3-7-17(18)19(23-25)20(26)22-15-9-11-16(12-10-15)30(28,29)24-13-5-6-14-24/h3-4,7-12H,2,5-6,13-14H2,1H3,(H,22,26). The molecule has 0 spiro atoms. The summed E-state index contributed by atoms with van der Waals surface area (Å²) in [5, 5.41) is 7.85. The van der Waals surface area contributed by atoms with Crippen molar-refractivity contribution in [2.75, 3.05) is 18.4 Å². The Morgan fingerprint density at radius 3 is 2.30 bits per heavy atom. The number of aromatic nitrogens is 2. The van der Waals surface area contributed by atoms with Crippen LogP contribution in [0.2, 0.25) is 0 Å². The van der Waals surface area contributed by atoms with Gasteiger partial charge in [-0.2, -0.15) is 9.40 Å². The highest BCUT2D eigenvalue weighted by Crippen LogP contribution is 2.23. The van der Waals surface area contributed by atoms with E-state index in [9.17, 15) is 18.0 Å². The molecule has 3 aromatic rings. The summed E-state index contributed by atoms with van der Waals surface area (Å²) in [6, 6.07) is 12.9. The van der Waals surface area contributed by atoms with Gasteiger partial charge in [-0.05, 0) is 50.1 Å². The normalized spacial score (nSPS) is 14.8. The summed E-state index contributed by atoms with van der Waals surface area (Å²) in [5.74, 6) is -0.469. The number of aryl methyl sites for hydroxylation is 1. The second-order valence-electron chi connectivity index (χ2n) is 7.10. The van der Waals surface area contributed by atoms with Crippen LogP contribution in [0.4, 0.5) is 5.69 Å². The van der Waals surface area contributed by atoms with Crippen molar-refractivity contribution in [2.45, 2.75) is 31.2 Å². The van der Waals surface area contributed by atoms with Gasteiger partial charge in [-0.1, -0.05) is 18.2 Å². The first kappa shape index (κ1) is 20.2. The fraction of sp³-hybridized carbons (Fsp3) is 0.286. The number of fused-ring (bicyclic) bond motifs is 1. The van der Waals surface area contributed by atoms with E-state index in [0.717, 1.165) is 12.8 Å². The maximum absolute atomic E-state index is 12.9. The summed E-state index contributed by atoms with van der Waals surface area (Å²) >= 11 is 0. The van der Waals surface area contributed by atoms with Gasteiger partial charge in [0.1, 0.15) is 0 Å². The Kier molecular flexibility index (Phi) is 5.40. The van der Waals surface area contributed by atoms with Crippen molar-refractivity contribution in [3.8, 4) is 0 Å². The molecule has 1 saturated heterocycles. The molecule has 2 heterocycles. The molecule has 0 aliphatic carbocycles. The Bertz CT molecular complexity index is 1260. The van der Waals surface area contributed by atoms with E-state index >= 15 is 0 Å². The maximum Gasteiger partial charge on any atom is 0.276 e. The number of hydrogen-bond donors (Lipinski definition) is 1. The predicted octanol–water partition coefficient (Wildman–Crippen LogP) is 2.45. The molecule has 0 unspecified atom stereocenters. The first-order valence-electron chi connectivity index (χ1n) is 9.83. The number of carbonyl (C=O) groups excluding carboxylic acids is 1. The Labute approximate surface area is 174 Å². The van der Waals surface area contributed by atoms with E-state index in [-0.39, 0.29) is 16.1 Å². The van der Waals surface area contributed by atoms with Crippen LogP contribution >= 0.6 is 0 Å². The van der Waals surface area contributed by atoms with E-state index in [1.807, 2.05) is 0 Å². The molecule has 156 valence electrons. The van der Waals surface area contributed by atoms with Crippen LogP contribution in [0.3, 0.4) is 0 Å². The third kappa shape index (κ3) is 3.61. The van der Waals surface area contributed by atoms with Gasteiger partial charge in [0.2, 0.25) is 10.0 Å². The number of hydrogen-bond acceptors (Lipinski definition) is 5. The van der Waals surface area contributed by atoms with Crippen LogP contribution in [-0.2, 0) is 16.6 Å². The quantitative estimate of drug-likeness (QED) is 0.675. The highest BCUT2D eigenvalue weighted by molar-refractivity contribution is 7.89. The lowest BCUT2D eigenvalue weighted by molar-refractivity contribution is 0.102. The molecule has 30 heavy (non-hydrogen) atoms. The van der Waals surface area contributed by atoms with Crippen molar-refractivity contribution in [3.05, 3.63) is 64.6 Å². The molecule has 8 nitrogen and oxygen atoms in total. The van der Waals surface area contributed by atoms with Gasteiger partial charge in [-0.15, -0.1) is 0 Å². The molecule has 1 aromatic heterocycles. The monoisotopic (exact) mass is 426 g/mol. The zero-order valence-electron chi connectivity index (χ0n) is 16.5. The van der Waals surface area contributed by atoms with E-state index < -0.39 is 15.9 Å². The molecule has 1 N–H and O–H groups in total. The zero-order valence-corrected chi connectivity index (χ0v) is 17.4. The zero-order chi connectivity index (χ0) is 21.3. The molecular formula is C21H22N4O4S. The van der Waals surface area contributed by atoms with E-state index in [1.54, 1.807) is 43.3 Å². The van der Waals surface area contributed by atoms with Crippen molar-refractivity contribution in [3.63, 3.8) is 0 Å². The fourth-order valence-corrected chi connectivity index (χ4v) is 5.11. The number of carbonyl (C=O) groups is 1. The summed E-state index contributed by atoms with van der Waals surface area (Å²) in [6.45, 7) is 3.19. The van der Waals surface area contributed by atoms with Gasteiger partial charge in [-0.25, -0.2) is 13.1 Å². The Balaban J connectivity index is 1.62. The van der Waals surface area contributed by atoms with Crippen LogP contribution in [0.25, 0.3) is 10.8 Å². The molecular weight excluding hydrogens is 404 g/mol. The first-order valence-corrected chi connectivity index (χ1v) is 11.3. The second-order valence-corrected chi connectivity index (χ2v) is 9.04. The lowest BCUT2D eigenvalue weighted by Gasteiger charge is -2.15. The van der Waals surface area contributed by atoms with Gasteiger partial charge in [0, 0.05) is 30.7 Å². The van der Waals surface area contributed by atoms with Crippen LogP contribution in [0.1, 0.15) is 30.3 Å². The number of nitrogens with zero attached hydrogens (tertiary/aromatic N) is 3. The predicted molar refractivity (Wildman–Crippen MR) is 114 cm³/mol. The molecule has 1 fully saturated rings. The van der Waals surface area contributed by atoms with Crippen molar-refractivity contribution < 1.29 is 13.2 Å². The third-order valence-electron chi connectivity index (χ3n) is 5.20. The van der Waals surface area contributed by atoms with Crippen LogP contribution in [-0.4, -0.2) is 41.5 Å². The molecule has 0 atom stereocenters. The molecule has 0 radical (unpaired) electrons. The molecule has 0 bridgehead atoms. The topological polar surface area (TPSA) is 101 Å². The van der Waals surface area contributed by atoms with E-state index in [4.69, 9.17) is 0 Å². The summed E-state index contributed by atoms with van der Waals surface area (Å²) in [5.41, 5.74) is 0.336. The summed E-state index contributed by atoms with van der Waals surface area (Å²) in [7, 11) is -3.51. The lowest BCUT2D eigenvalue weighted by Crippen LogP contribution is -2.28. The molecule has 4 rings (SSSR count). The van der Waals surface area contributed by atoms with E-state index in [1.165, 1.54) is 21.1 Å². The summed E-state index contributed by atoms with van der Waals surface area (Å²) in [6.07, 6.45) is 1.74. The largest absolute Gasteiger partial charge is 0.321 e. The van der Waals surface area contributed by atoms with Gasteiger partial charge < -0.3 is 5.32 Å². The molecule has 1 aliphatic rings. The maximum atomic E-state index is 12.9. The van der Waals surface area contributed by atoms with Gasteiger partial charge in [0.05, 0.1) is 10.3 Å². The molecule has 1 amide bonds. The highest BCUT2D eigenvalue weighted by atomic mass is 32.2. The smallest absolute Gasteiger partial charge is 0.276 e. The van der Waals surface area contributed by atoms with Crippen molar-refractivity contribution in [2.24, 2.45) is 0 Å². The average molecular weight is 426 g/mol. The molecule has 1 aliphatic heterocycles. The number of rotatable bonds is 5. The number of amides is 1. The number of benzene rings is 2. The minimum atomic E-state index is -3.51. The van der Waals surface area contributed by atoms with E-state index in [2.05, 4.69) is 10.4 Å². The van der Waals surface area contributed by atoms with Crippen LogP contribution in [0.15, 0.2) is 58.2 Å². The SMILES string of the molecule is CCn1nc(C(=O)Nc2ccc(S(=O)(=O)N3CCCC3)cc2)c2ccccc2c1=O. The molecule has 9 heteroatoms. The van der Waals surface area contributed by atoms with E-state index in [0.29, 0.717) is 36.1 Å². The van der Waals surface area contributed by atoms with Crippen molar-refractivity contribution in [1.82, 2.24) is 14.1 Å². The van der Waals surface area contributed by atoms with Gasteiger partial charge in [0.25, 0.3) is 11.5 Å². The first-order chi connectivity index (χ1) is 14.4. The molecule has 2 aromatic carbocycles. The van der Waals surface area contributed by atoms with Crippen LogP contribution in [0.5, 0.6) is 0 Å². The minimum Gasteiger partial charge on any atom is -0.321 e. The fourth-order valence-electron chi connectivity index (χ4n) is 3.60. The number of sulfonamides is 1. The average Bonchev–Trinajstić information content (AvgIpc) is 3.30. The number of anilines is 1. The summed E-state index contributed by atoms with van der Waals surface area (Å²) < 4.78 is 28.0. The highest BCUT2D eigenvalue weighted by Gasteiger charge is 2.27. The number of nitrogens with one attached hydrogen (secondary N) is 1. The van der Waals surface area contributed by atoms with Gasteiger partial charge in [-0.3, -0.25) is 9.59 Å². The van der Waals surface area contributed by atoms with Crippen molar-refractivity contribution in [1.29, 1.82) is 0 Å². The van der Waals surface area contributed by atoms with Crippen LogP contribution < -0.4 is 10.9 Å². The third-order valence-corrected chi connectivity index (χ3v) is 7.11. The second kappa shape index (κ2) is 8.00. The van der Waals surface area contributed by atoms with Gasteiger partial charge >= 0.3 is 0 Å². The van der Waals surface area contributed by atoms with Crippen LogP contribution in [0, 0.1) is 0 Å². The Morgan fingerprint density at radius 1 is 1.03 bits per heavy atom. The minimum absolute atomic E-state index is 0.140. The molecule has 0 saturated carbocycles. The Hall–Kier alpha value is -3.04. The summed E-state index contributed by atoms with van der Waals surface area (Å²) in [4.78, 5) is 25.5. The van der Waals surface area contributed by atoms with Gasteiger partial charge in [0.15, 0.2) is 5.69 Å².